The molecule has 0 saturated carbocycles. The second-order valence-corrected chi connectivity index (χ2v) is 9.65. The number of rotatable bonds is 17. The summed E-state index contributed by atoms with van der Waals surface area (Å²) in [7, 11) is 0. The summed E-state index contributed by atoms with van der Waals surface area (Å²) in [5.74, 6) is 0. The van der Waals surface area contributed by atoms with E-state index in [0.29, 0.717) is 79.2 Å². The SMILES string of the molecule is CC(C)(C)OC(=O)N1CCC(OCCOCCOCCOCCOCCO[C@H]2CCCCO2)CC1. The van der Waals surface area contributed by atoms with Gasteiger partial charge in [-0.3, -0.25) is 0 Å². The largest absolute Gasteiger partial charge is 0.444 e. The van der Waals surface area contributed by atoms with E-state index >= 15 is 0 Å². The smallest absolute Gasteiger partial charge is 0.410 e. The lowest BCUT2D eigenvalue weighted by molar-refractivity contribution is -0.169. The summed E-state index contributed by atoms with van der Waals surface area (Å²) in [4.78, 5) is 13.8. The molecule has 2 aliphatic heterocycles. The summed E-state index contributed by atoms with van der Waals surface area (Å²) >= 11 is 0. The molecule has 0 radical (unpaired) electrons. The van der Waals surface area contributed by atoms with E-state index in [-0.39, 0.29) is 18.5 Å². The summed E-state index contributed by atoms with van der Waals surface area (Å²) in [6.45, 7) is 13.1. The normalized spacial score (nSPS) is 19.7. The molecular weight excluding hydrogens is 458 g/mol. The first-order valence-corrected chi connectivity index (χ1v) is 13.1. The Morgan fingerprint density at radius 1 is 0.743 bits per heavy atom. The van der Waals surface area contributed by atoms with E-state index in [4.69, 9.17) is 37.9 Å². The maximum Gasteiger partial charge on any atom is 0.410 e. The van der Waals surface area contributed by atoms with E-state index in [1.54, 1.807) is 4.90 Å². The lowest BCUT2D eigenvalue weighted by Crippen LogP contribution is -2.43. The van der Waals surface area contributed by atoms with Gasteiger partial charge < -0.3 is 42.8 Å². The van der Waals surface area contributed by atoms with Crippen LogP contribution < -0.4 is 0 Å². The molecule has 206 valence electrons. The van der Waals surface area contributed by atoms with Gasteiger partial charge in [0.15, 0.2) is 6.29 Å². The molecule has 0 aromatic rings. The number of hydrogen-bond acceptors (Lipinski definition) is 9. The minimum atomic E-state index is -0.465. The quantitative estimate of drug-likeness (QED) is 0.277. The Kier molecular flexibility index (Phi) is 15.8. The highest BCUT2D eigenvalue weighted by Crippen LogP contribution is 2.17. The van der Waals surface area contributed by atoms with Crippen LogP contribution in [0.15, 0.2) is 0 Å². The van der Waals surface area contributed by atoms with Gasteiger partial charge >= 0.3 is 6.09 Å². The van der Waals surface area contributed by atoms with Gasteiger partial charge in [0.05, 0.1) is 72.2 Å². The molecule has 0 N–H and O–H groups in total. The van der Waals surface area contributed by atoms with Crippen molar-refractivity contribution in [1.82, 2.24) is 4.90 Å². The first-order valence-electron chi connectivity index (χ1n) is 13.1. The molecule has 1 atom stereocenters. The van der Waals surface area contributed by atoms with Crippen LogP contribution in [0, 0.1) is 0 Å². The number of carbonyl (C=O) groups excluding carboxylic acids is 1. The van der Waals surface area contributed by atoms with Crippen LogP contribution in [0.2, 0.25) is 0 Å². The molecular formula is C25H47NO9. The standard InChI is InChI=1S/C25H47NO9/c1-25(2,3)35-24(27)26-9-7-22(8-10-26)32-20-18-30-16-14-28-12-13-29-15-17-31-19-21-34-23-6-4-5-11-33-23/h22-23H,4-21H2,1-3H3/t23-/m0/s1. The minimum absolute atomic E-state index is 0.0621. The number of carbonyl (C=O) groups is 1. The highest BCUT2D eigenvalue weighted by molar-refractivity contribution is 5.68. The van der Waals surface area contributed by atoms with Crippen molar-refractivity contribution in [3.8, 4) is 0 Å². The van der Waals surface area contributed by atoms with E-state index in [1.165, 1.54) is 6.42 Å². The number of likely N-dealkylation sites (tertiary alicyclic amines) is 1. The fourth-order valence-electron chi connectivity index (χ4n) is 3.65. The first kappa shape index (κ1) is 30.2. The van der Waals surface area contributed by atoms with Crippen molar-refractivity contribution in [2.24, 2.45) is 0 Å². The molecule has 10 heteroatoms. The van der Waals surface area contributed by atoms with Crippen LogP contribution >= 0.6 is 0 Å². The Hall–Kier alpha value is -1.01. The molecule has 0 bridgehead atoms. The highest BCUT2D eigenvalue weighted by atomic mass is 16.7. The van der Waals surface area contributed by atoms with E-state index < -0.39 is 5.60 Å². The van der Waals surface area contributed by atoms with Gasteiger partial charge in [-0.15, -0.1) is 0 Å². The monoisotopic (exact) mass is 505 g/mol. The Bertz CT molecular complexity index is 530. The molecule has 0 spiro atoms. The van der Waals surface area contributed by atoms with Gasteiger partial charge in [0.1, 0.15) is 5.60 Å². The summed E-state index contributed by atoms with van der Waals surface area (Å²) in [5.41, 5.74) is -0.465. The molecule has 2 heterocycles. The maximum atomic E-state index is 12.1. The van der Waals surface area contributed by atoms with Gasteiger partial charge in [-0.05, 0) is 52.9 Å². The van der Waals surface area contributed by atoms with Crippen LogP contribution in [-0.2, 0) is 37.9 Å². The Balaban J connectivity index is 1.27. The second-order valence-electron chi connectivity index (χ2n) is 9.65. The van der Waals surface area contributed by atoms with E-state index in [9.17, 15) is 4.79 Å². The zero-order valence-electron chi connectivity index (χ0n) is 22.0. The first-order chi connectivity index (χ1) is 16.9. The highest BCUT2D eigenvalue weighted by Gasteiger charge is 2.27. The molecule has 0 aliphatic carbocycles. The van der Waals surface area contributed by atoms with E-state index in [2.05, 4.69) is 0 Å². The molecule has 2 fully saturated rings. The lowest BCUT2D eigenvalue weighted by atomic mass is 10.1. The number of piperidine rings is 1. The Morgan fingerprint density at radius 3 is 1.74 bits per heavy atom. The number of amides is 1. The van der Waals surface area contributed by atoms with Gasteiger partial charge in [-0.25, -0.2) is 4.79 Å². The van der Waals surface area contributed by atoms with Gasteiger partial charge in [0.2, 0.25) is 0 Å². The molecule has 10 nitrogen and oxygen atoms in total. The van der Waals surface area contributed by atoms with Crippen LogP contribution in [-0.4, -0.2) is 115 Å². The third-order valence-electron chi connectivity index (χ3n) is 5.46. The predicted octanol–water partition coefficient (Wildman–Crippen LogP) is 3.01. The fourth-order valence-corrected chi connectivity index (χ4v) is 3.65. The molecule has 0 unspecified atom stereocenters. The molecule has 35 heavy (non-hydrogen) atoms. The molecule has 2 saturated heterocycles. The van der Waals surface area contributed by atoms with Crippen LogP contribution in [0.1, 0.15) is 52.9 Å². The van der Waals surface area contributed by atoms with Gasteiger partial charge in [-0.1, -0.05) is 0 Å². The average Bonchev–Trinajstić information content (AvgIpc) is 2.83. The third kappa shape index (κ3) is 15.7. The molecule has 0 aromatic carbocycles. The Morgan fingerprint density at radius 2 is 1.26 bits per heavy atom. The summed E-state index contributed by atoms with van der Waals surface area (Å²) < 4.78 is 44.4. The third-order valence-corrected chi connectivity index (χ3v) is 5.46. The number of nitrogens with zero attached hydrogens (tertiary/aromatic N) is 1. The fraction of sp³-hybridized carbons (Fsp3) is 0.960. The van der Waals surface area contributed by atoms with Crippen molar-refractivity contribution in [3.63, 3.8) is 0 Å². The van der Waals surface area contributed by atoms with Crippen molar-refractivity contribution < 1.29 is 42.7 Å². The summed E-state index contributed by atoms with van der Waals surface area (Å²) in [5, 5.41) is 0. The molecule has 2 rings (SSSR count). The van der Waals surface area contributed by atoms with E-state index in [0.717, 1.165) is 32.3 Å². The molecule has 2 aliphatic rings. The zero-order chi connectivity index (χ0) is 25.2. The lowest BCUT2D eigenvalue weighted by Gasteiger charge is -2.33. The van der Waals surface area contributed by atoms with Crippen LogP contribution in [0.4, 0.5) is 4.79 Å². The summed E-state index contributed by atoms with van der Waals surface area (Å²) in [6, 6.07) is 0. The van der Waals surface area contributed by atoms with Crippen molar-refractivity contribution in [1.29, 1.82) is 0 Å². The van der Waals surface area contributed by atoms with Gasteiger partial charge in [-0.2, -0.15) is 0 Å². The predicted molar refractivity (Wildman–Crippen MR) is 130 cm³/mol. The number of ether oxygens (including phenoxy) is 8. The van der Waals surface area contributed by atoms with Gasteiger partial charge in [0, 0.05) is 19.7 Å². The minimum Gasteiger partial charge on any atom is -0.444 e. The van der Waals surface area contributed by atoms with Crippen LogP contribution in [0.25, 0.3) is 0 Å². The second kappa shape index (κ2) is 18.3. The maximum absolute atomic E-state index is 12.1. The summed E-state index contributed by atoms with van der Waals surface area (Å²) in [6.07, 6.45) is 4.75. The Labute approximate surface area is 210 Å². The molecule has 1 amide bonds. The van der Waals surface area contributed by atoms with Crippen molar-refractivity contribution in [3.05, 3.63) is 0 Å². The topological polar surface area (TPSA) is 94.2 Å². The van der Waals surface area contributed by atoms with Crippen LogP contribution in [0.5, 0.6) is 0 Å². The molecule has 0 aromatic heterocycles. The average molecular weight is 506 g/mol. The van der Waals surface area contributed by atoms with Gasteiger partial charge in [0.25, 0.3) is 0 Å². The zero-order valence-corrected chi connectivity index (χ0v) is 22.0. The van der Waals surface area contributed by atoms with Crippen molar-refractivity contribution in [2.45, 2.75) is 70.9 Å². The number of hydrogen-bond donors (Lipinski definition) is 0. The van der Waals surface area contributed by atoms with Crippen LogP contribution in [0.3, 0.4) is 0 Å². The van der Waals surface area contributed by atoms with Crippen molar-refractivity contribution in [2.75, 3.05) is 85.8 Å². The van der Waals surface area contributed by atoms with E-state index in [1.807, 2.05) is 20.8 Å². The van der Waals surface area contributed by atoms with Crippen molar-refractivity contribution >= 4 is 6.09 Å².